The maximum atomic E-state index is 12.1. The normalized spacial score (nSPS) is 10.2. The molecule has 8 nitrogen and oxygen atoms in total. The molecule has 1 heterocycles. The fourth-order valence-corrected chi connectivity index (χ4v) is 2.28. The molecule has 2 amide bonds. The van der Waals surface area contributed by atoms with Crippen LogP contribution in [0.2, 0.25) is 0 Å². The van der Waals surface area contributed by atoms with E-state index >= 15 is 0 Å². The Balaban J connectivity index is 1.96. The molecular weight excluding hydrogens is 324 g/mol. The number of urea groups is 1. The van der Waals surface area contributed by atoms with Crippen molar-refractivity contribution in [3.8, 4) is 11.5 Å². The van der Waals surface area contributed by atoms with Crippen LogP contribution in [0.3, 0.4) is 0 Å². The molecule has 0 unspecified atom stereocenters. The Morgan fingerprint density at radius 1 is 1.24 bits per heavy atom. The van der Waals surface area contributed by atoms with Crippen molar-refractivity contribution >= 4 is 11.7 Å². The molecule has 0 saturated heterocycles. The van der Waals surface area contributed by atoms with E-state index in [1.54, 1.807) is 32.0 Å². The van der Waals surface area contributed by atoms with E-state index in [1.807, 2.05) is 0 Å². The number of nitrogens with zero attached hydrogens (tertiary/aromatic N) is 2. The lowest BCUT2D eigenvalue weighted by Gasteiger charge is -2.14. The Hall–Kier alpha value is -3.03. The minimum Gasteiger partial charge on any atom is -0.493 e. The number of para-hydroxylation sites is 1. The predicted molar refractivity (Wildman–Crippen MR) is 94.5 cm³/mol. The third-order valence-electron chi connectivity index (χ3n) is 3.80. The largest absolute Gasteiger partial charge is 0.493 e. The molecule has 0 aliphatic heterocycles. The summed E-state index contributed by atoms with van der Waals surface area (Å²) < 4.78 is 11.9. The zero-order chi connectivity index (χ0) is 18.4. The van der Waals surface area contributed by atoms with Gasteiger partial charge in [-0.1, -0.05) is 6.07 Å². The summed E-state index contributed by atoms with van der Waals surface area (Å²) >= 11 is 0. The van der Waals surface area contributed by atoms with Crippen LogP contribution in [-0.4, -0.2) is 36.3 Å². The predicted octanol–water partition coefficient (Wildman–Crippen LogP) is 1.70. The van der Waals surface area contributed by atoms with Crippen molar-refractivity contribution in [2.24, 2.45) is 0 Å². The van der Waals surface area contributed by atoms with Crippen molar-refractivity contribution in [3.63, 3.8) is 0 Å². The number of carbonyl (C=O) groups excluding carboxylic acids is 1. The molecule has 8 heteroatoms. The van der Waals surface area contributed by atoms with Crippen molar-refractivity contribution in [3.05, 3.63) is 46.1 Å². The van der Waals surface area contributed by atoms with Gasteiger partial charge in [0.1, 0.15) is 0 Å². The number of rotatable bonds is 6. The first-order valence-electron chi connectivity index (χ1n) is 7.76. The van der Waals surface area contributed by atoms with Crippen molar-refractivity contribution in [2.45, 2.75) is 20.4 Å². The molecule has 0 radical (unpaired) electrons. The van der Waals surface area contributed by atoms with Crippen LogP contribution in [0.4, 0.5) is 10.5 Å². The Labute approximate surface area is 145 Å². The molecule has 1 aromatic heterocycles. The second-order valence-corrected chi connectivity index (χ2v) is 5.38. The summed E-state index contributed by atoms with van der Waals surface area (Å²) in [5.41, 5.74) is 1.69. The molecule has 0 atom stereocenters. The Kier molecular flexibility index (Phi) is 5.99. The van der Waals surface area contributed by atoms with Crippen molar-refractivity contribution in [2.75, 3.05) is 26.1 Å². The molecule has 0 spiro atoms. The van der Waals surface area contributed by atoms with E-state index in [2.05, 4.69) is 15.6 Å². The summed E-state index contributed by atoms with van der Waals surface area (Å²) in [6, 6.07) is 4.79. The summed E-state index contributed by atoms with van der Waals surface area (Å²) in [5, 5.41) is 5.40. The number of hydrogen-bond donors (Lipinski definition) is 2. The lowest BCUT2D eigenvalue weighted by atomic mass is 10.2. The second-order valence-electron chi connectivity index (χ2n) is 5.38. The number of methoxy groups -OCH3 is 2. The van der Waals surface area contributed by atoms with Gasteiger partial charge >= 0.3 is 6.03 Å². The third kappa shape index (κ3) is 4.28. The van der Waals surface area contributed by atoms with Crippen molar-refractivity contribution in [1.29, 1.82) is 0 Å². The highest BCUT2D eigenvalue weighted by atomic mass is 16.5. The highest BCUT2D eigenvalue weighted by molar-refractivity contribution is 5.91. The molecule has 2 N–H and O–H groups in total. The molecule has 134 valence electrons. The van der Waals surface area contributed by atoms with Gasteiger partial charge in [-0.3, -0.25) is 9.36 Å². The second kappa shape index (κ2) is 8.18. The van der Waals surface area contributed by atoms with Gasteiger partial charge in [-0.2, -0.15) is 0 Å². The Morgan fingerprint density at radius 2 is 2.00 bits per heavy atom. The quantitative estimate of drug-likeness (QED) is 0.830. The SMILES string of the molecule is COc1cccc(NC(=O)NCCn2cnc(C)c(C)c2=O)c1OC. The average Bonchev–Trinajstić information content (AvgIpc) is 2.61. The summed E-state index contributed by atoms with van der Waals surface area (Å²) in [6.07, 6.45) is 1.48. The van der Waals surface area contributed by atoms with E-state index in [1.165, 1.54) is 25.1 Å². The van der Waals surface area contributed by atoms with Crippen LogP contribution in [-0.2, 0) is 6.54 Å². The minimum atomic E-state index is -0.406. The molecule has 0 bridgehead atoms. The van der Waals surface area contributed by atoms with Gasteiger partial charge in [-0.15, -0.1) is 0 Å². The van der Waals surface area contributed by atoms with E-state index in [4.69, 9.17) is 9.47 Å². The van der Waals surface area contributed by atoms with Crippen LogP contribution in [0.15, 0.2) is 29.3 Å². The van der Waals surface area contributed by atoms with Crippen LogP contribution in [0, 0.1) is 13.8 Å². The zero-order valence-corrected chi connectivity index (χ0v) is 14.8. The summed E-state index contributed by atoms with van der Waals surface area (Å²) in [6.45, 7) is 4.13. The van der Waals surface area contributed by atoms with Crippen LogP contribution in [0.1, 0.15) is 11.3 Å². The van der Waals surface area contributed by atoms with E-state index < -0.39 is 6.03 Å². The van der Waals surface area contributed by atoms with Gasteiger partial charge in [0.15, 0.2) is 11.5 Å². The van der Waals surface area contributed by atoms with Gasteiger partial charge < -0.3 is 20.1 Å². The third-order valence-corrected chi connectivity index (χ3v) is 3.80. The number of ether oxygens (including phenoxy) is 2. The fourth-order valence-electron chi connectivity index (χ4n) is 2.28. The van der Waals surface area contributed by atoms with E-state index in [0.717, 1.165) is 0 Å². The maximum Gasteiger partial charge on any atom is 0.319 e. The standard InChI is InChI=1S/C17H22N4O4/c1-11-12(2)19-10-21(16(11)22)9-8-18-17(23)20-13-6-5-7-14(24-3)15(13)25-4/h5-7,10H,8-9H2,1-4H3,(H2,18,20,23). The number of hydrogen-bond acceptors (Lipinski definition) is 5. The van der Waals surface area contributed by atoms with Crippen LogP contribution < -0.4 is 25.7 Å². The number of amides is 2. The molecule has 0 aliphatic rings. The molecule has 0 fully saturated rings. The number of nitrogens with one attached hydrogen (secondary N) is 2. The first-order valence-corrected chi connectivity index (χ1v) is 7.76. The summed E-state index contributed by atoms with van der Waals surface area (Å²) in [7, 11) is 3.02. The average molecular weight is 346 g/mol. The Morgan fingerprint density at radius 3 is 2.68 bits per heavy atom. The maximum absolute atomic E-state index is 12.1. The number of carbonyl (C=O) groups is 1. The fraction of sp³-hybridized carbons (Fsp3) is 0.353. The number of benzene rings is 1. The van der Waals surface area contributed by atoms with Crippen molar-refractivity contribution < 1.29 is 14.3 Å². The highest BCUT2D eigenvalue weighted by Gasteiger charge is 2.12. The molecule has 25 heavy (non-hydrogen) atoms. The summed E-state index contributed by atoms with van der Waals surface area (Å²) in [5.74, 6) is 0.961. The molecule has 2 aromatic rings. The van der Waals surface area contributed by atoms with Crippen molar-refractivity contribution in [1.82, 2.24) is 14.9 Å². The van der Waals surface area contributed by atoms with Gasteiger partial charge in [0.2, 0.25) is 0 Å². The number of anilines is 1. The van der Waals surface area contributed by atoms with Gasteiger partial charge in [-0.05, 0) is 26.0 Å². The highest BCUT2D eigenvalue weighted by Crippen LogP contribution is 2.34. The zero-order valence-electron chi connectivity index (χ0n) is 14.8. The first-order chi connectivity index (χ1) is 12.0. The number of aromatic nitrogens is 2. The van der Waals surface area contributed by atoms with Crippen LogP contribution >= 0.6 is 0 Å². The molecule has 2 rings (SSSR count). The smallest absolute Gasteiger partial charge is 0.319 e. The van der Waals surface area contributed by atoms with Gasteiger partial charge in [-0.25, -0.2) is 9.78 Å². The van der Waals surface area contributed by atoms with Gasteiger partial charge in [0.05, 0.1) is 26.2 Å². The minimum absolute atomic E-state index is 0.107. The van der Waals surface area contributed by atoms with E-state index in [0.29, 0.717) is 35.0 Å². The van der Waals surface area contributed by atoms with Gasteiger partial charge in [0.25, 0.3) is 5.56 Å². The molecule has 0 aliphatic carbocycles. The van der Waals surface area contributed by atoms with E-state index in [9.17, 15) is 9.59 Å². The first kappa shape index (κ1) is 18.3. The monoisotopic (exact) mass is 346 g/mol. The number of aryl methyl sites for hydroxylation is 1. The van der Waals surface area contributed by atoms with Crippen LogP contribution in [0.25, 0.3) is 0 Å². The molecular formula is C17H22N4O4. The topological polar surface area (TPSA) is 94.5 Å². The lowest BCUT2D eigenvalue weighted by Crippen LogP contribution is -2.34. The summed E-state index contributed by atoms with van der Waals surface area (Å²) in [4.78, 5) is 28.3. The van der Waals surface area contributed by atoms with Gasteiger partial charge in [0, 0.05) is 24.3 Å². The molecule has 0 saturated carbocycles. The molecule has 1 aromatic carbocycles. The lowest BCUT2D eigenvalue weighted by molar-refractivity contribution is 0.251. The Bertz CT molecular complexity index is 817. The van der Waals surface area contributed by atoms with E-state index in [-0.39, 0.29) is 12.1 Å². The van der Waals surface area contributed by atoms with Crippen LogP contribution in [0.5, 0.6) is 11.5 Å².